The molecular formula is C15H18ClN3. The van der Waals surface area contributed by atoms with Crippen molar-refractivity contribution in [1.29, 1.82) is 0 Å². The summed E-state index contributed by atoms with van der Waals surface area (Å²) in [6, 6.07) is 9.15. The molecule has 2 aromatic rings. The monoisotopic (exact) mass is 275 g/mol. The molecule has 4 heteroatoms. The summed E-state index contributed by atoms with van der Waals surface area (Å²) >= 11 is 6.00. The first-order valence-corrected chi connectivity index (χ1v) is 7.11. The first-order valence-electron chi connectivity index (χ1n) is 6.73. The fourth-order valence-corrected chi connectivity index (χ4v) is 2.92. The van der Waals surface area contributed by atoms with E-state index in [1.54, 1.807) is 6.20 Å². The van der Waals surface area contributed by atoms with Gasteiger partial charge in [-0.25, -0.2) is 4.98 Å². The van der Waals surface area contributed by atoms with Crippen LogP contribution in [0.5, 0.6) is 0 Å². The molecule has 1 heterocycles. The summed E-state index contributed by atoms with van der Waals surface area (Å²) in [5.41, 5.74) is 2.91. The molecule has 1 aromatic carbocycles. The van der Waals surface area contributed by atoms with E-state index >= 15 is 0 Å². The highest BCUT2D eigenvalue weighted by atomic mass is 35.5. The summed E-state index contributed by atoms with van der Waals surface area (Å²) in [6.07, 6.45) is 5.33. The molecule has 0 fully saturated rings. The number of hydrogen-bond acceptors (Lipinski definition) is 2. The Hall–Kier alpha value is -1.32. The third kappa shape index (κ3) is 2.53. The molecule has 1 aliphatic rings. The van der Waals surface area contributed by atoms with E-state index in [1.807, 2.05) is 11.6 Å². The second-order valence-corrected chi connectivity index (χ2v) is 5.47. The topological polar surface area (TPSA) is 29.9 Å². The van der Waals surface area contributed by atoms with Gasteiger partial charge in [-0.3, -0.25) is 0 Å². The molecule has 0 aliphatic heterocycles. The molecule has 1 atom stereocenters. The normalized spacial score (nSPS) is 18.3. The fourth-order valence-electron chi connectivity index (χ4n) is 2.77. The molecule has 1 unspecified atom stereocenters. The summed E-state index contributed by atoms with van der Waals surface area (Å²) < 4.78 is 1.92. The zero-order valence-corrected chi connectivity index (χ0v) is 11.8. The van der Waals surface area contributed by atoms with Crippen molar-refractivity contribution in [1.82, 2.24) is 14.9 Å². The van der Waals surface area contributed by atoms with Crippen LogP contribution in [0.4, 0.5) is 0 Å². The zero-order valence-electron chi connectivity index (χ0n) is 11.1. The Bertz CT molecular complexity index is 577. The van der Waals surface area contributed by atoms with Crippen LogP contribution in [0.3, 0.4) is 0 Å². The third-order valence-corrected chi connectivity index (χ3v) is 4.25. The third-order valence-electron chi connectivity index (χ3n) is 3.90. The minimum atomic E-state index is 0.431. The van der Waals surface area contributed by atoms with Gasteiger partial charge < -0.3 is 9.88 Å². The van der Waals surface area contributed by atoms with Crippen LogP contribution < -0.4 is 5.32 Å². The number of aromatic nitrogens is 2. The van der Waals surface area contributed by atoms with Gasteiger partial charge in [0.2, 0.25) is 0 Å². The van der Waals surface area contributed by atoms with Crippen molar-refractivity contribution in [3.8, 4) is 0 Å². The predicted octanol–water partition coefficient (Wildman–Crippen LogP) is 3.24. The maximum atomic E-state index is 6.00. The summed E-state index contributed by atoms with van der Waals surface area (Å²) in [5, 5.41) is 4.29. The number of hydrogen-bond donors (Lipinski definition) is 1. The molecule has 1 aliphatic carbocycles. The quantitative estimate of drug-likeness (QED) is 0.932. The van der Waals surface area contributed by atoms with E-state index in [-0.39, 0.29) is 0 Å². The lowest BCUT2D eigenvalue weighted by Crippen LogP contribution is -2.26. The van der Waals surface area contributed by atoms with Crippen LogP contribution in [0.1, 0.15) is 35.8 Å². The van der Waals surface area contributed by atoms with E-state index in [2.05, 4.69) is 34.6 Å². The van der Waals surface area contributed by atoms with Crippen LogP contribution >= 0.6 is 11.6 Å². The smallest absolute Gasteiger partial charge is 0.128 e. The lowest BCUT2D eigenvalue weighted by Gasteiger charge is -2.26. The van der Waals surface area contributed by atoms with Gasteiger partial charge in [0.05, 0.1) is 12.7 Å². The number of nitrogens with zero attached hydrogens (tertiary/aromatic N) is 2. The standard InChI is InChI=1S/C15H18ClN3/c1-19-14(16)9-18-15(19)10-17-13-8-4-6-11-5-2-3-7-12(11)13/h2-3,5,7,9,13,17H,4,6,8,10H2,1H3. The van der Waals surface area contributed by atoms with Crippen molar-refractivity contribution in [2.45, 2.75) is 31.8 Å². The SMILES string of the molecule is Cn1c(Cl)cnc1CNC1CCCc2ccccc21. The molecule has 0 amide bonds. The van der Waals surface area contributed by atoms with Gasteiger partial charge in [0.15, 0.2) is 0 Å². The molecule has 0 radical (unpaired) electrons. The van der Waals surface area contributed by atoms with Gasteiger partial charge in [-0.1, -0.05) is 35.9 Å². The van der Waals surface area contributed by atoms with Crippen LogP contribution in [0.15, 0.2) is 30.5 Å². The minimum Gasteiger partial charge on any atom is -0.321 e. The van der Waals surface area contributed by atoms with Crippen molar-refractivity contribution in [3.63, 3.8) is 0 Å². The molecule has 0 spiro atoms. The maximum absolute atomic E-state index is 6.00. The summed E-state index contributed by atoms with van der Waals surface area (Å²) in [4.78, 5) is 4.32. The van der Waals surface area contributed by atoms with E-state index in [0.717, 1.165) is 12.4 Å². The highest BCUT2D eigenvalue weighted by Crippen LogP contribution is 2.29. The number of aryl methyl sites for hydroxylation is 1. The second kappa shape index (κ2) is 5.35. The number of benzene rings is 1. The number of halogens is 1. The van der Waals surface area contributed by atoms with Crippen molar-refractivity contribution >= 4 is 11.6 Å². The summed E-state index contributed by atoms with van der Waals surface area (Å²) in [6.45, 7) is 0.752. The molecule has 19 heavy (non-hydrogen) atoms. The van der Waals surface area contributed by atoms with Crippen LogP contribution in [0, 0.1) is 0 Å². The van der Waals surface area contributed by atoms with Crippen molar-refractivity contribution in [2.75, 3.05) is 0 Å². The van der Waals surface area contributed by atoms with Crippen LogP contribution in [0.25, 0.3) is 0 Å². The Labute approximate surface area is 118 Å². The average molecular weight is 276 g/mol. The molecule has 3 rings (SSSR count). The molecule has 1 N–H and O–H groups in total. The fraction of sp³-hybridized carbons (Fsp3) is 0.400. The highest BCUT2D eigenvalue weighted by molar-refractivity contribution is 6.29. The molecule has 1 aromatic heterocycles. The largest absolute Gasteiger partial charge is 0.321 e. The van der Waals surface area contributed by atoms with Gasteiger partial charge in [-0.15, -0.1) is 0 Å². The zero-order chi connectivity index (χ0) is 13.2. The second-order valence-electron chi connectivity index (χ2n) is 5.08. The minimum absolute atomic E-state index is 0.431. The maximum Gasteiger partial charge on any atom is 0.128 e. The number of rotatable bonds is 3. The lowest BCUT2D eigenvalue weighted by atomic mass is 9.88. The lowest BCUT2D eigenvalue weighted by molar-refractivity contribution is 0.449. The summed E-state index contributed by atoms with van der Waals surface area (Å²) in [5.74, 6) is 0.980. The predicted molar refractivity (Wildman–Crippen MR) is 77.2 cm³/mol. The molecular weight excluding hydrogens is 258 g/mol. The van der Waals surface area contributed by atoms with Gasteiger partial charge in [0.25, 0.3) is 0 Å². The molecule has 0 bridgehead atoms. The number of nitrogens with one attached hydrogen (secondary N) is 1. The molecule has 0 saturated carbocycles. The first-order chi connectivity index (χ1) is 9.25. The van der Waals surface area contributed by atoms with E-state index in [9.17, 15) is 0 Å². The van der Waals surface area contributed by atoms with Crippen molar-refractivity contribution in [2.24, 2.45) is 7.05 Å². The van der Waals surface area contributed by atoms with E-state index < -0.39 is 0 Å². The first kappa shape index (κ1) is 12.7. The van der Waals surface area contributed by atoms with Crippen LogP contribution in [-0.2, 0) is 20.0 Å². The van der Waals surface area contributed by atoms with Crippen molar-refractivity contribution < 1.29 is 0 Å². The Morgan fingerprint density at radius 3 is 3.05 bits per heavy atom. The van der Waals surface area contributed by atoms with Crippen LogP contribution in [-0.4, -0.2) is 9.55 Å². The summed E-state index contributed by atoms with van der Waals surface area (Å²) in [7, 11) is 1.95. The van der Waals surface area contributed by atoms with Gasteiger partial charge >= 0.3 is 0 Å². The Morgan fingerprint density at radius 2 is 2.26 bits per heavy atom. The van der Waals surface area contributed by atoms with Gasteiger partial charge in [0, 0.05) is 13.1 Å². The van der Waals surface area contributed by atoms with Crippen molar-refractivity contribution in [3.05, 3.63) is 52.6 Å². The highest BCUT2D eigenvalue weighted by Gasteiger charge is 2.19. The number of imidazole rings is 1. The molecule has 0 saturated heterocycles. The van der Waals surface area contributed by atoms with Gasteiger partial charge in [0.1, 0.15) is 11.0 Å². The van der Waals surface area contributed by atoms with E-state index in [4.69, 9.17) is 11.6 Å². The number of fused-ring (bicyclic) bond motifs is 1. The Kier molecular flexibility index (Phi) is 3.58. The molecule has 100 valence electrons. The Balaban J connectivity index is 1.73. The molecule has 3 nitrogen and oxygen atoms in total. The van der Waals surface area contributed by atoms with Gasteiger partial charge in [-0.05, 0) is 30.4 Å². The average Bonchev–Trinajstić information content (AvgIpc) is 2.76. The van der Waals surface area contributed by atoms with E-state index in [1.165, 1.54) is 30.4 Å². The van der Waals surface area contributed by atoms with Gasteiger partial charge in [-0.2, -0.15) is 0 Å². The van der Waals surface area contributed by atoms with Crippen LogP contribution in [0.2, 0.25) is 5.15 Å². The Morgan fingerprint density at radius 1 is 1.42 bits per heavy atom. The van der Waals surface area contributed by atoms with E-state index in [0.29, 0.717) is 11.2 Å².